The number of carbonyl (C=O) groups is 1. The Hall–Kier alpha value is -3.36. The van der Waals surface area contributed by atoms with Gasteiger partial charge >= 0.3 is 6.18 Å². The highest BCUT2D eigenvalue weighted by molar-refractivity contribution is 6.04. The Bertz CT molecular complexity index is 1210. The first-order valence-electron chi connectivity index (χ1n) is 10.4. The number of hydrogen-bond donors (Lipinski definition) is 0. The lowest BCUT2D eigenvalue weighted by molar-refractivity contribution is -0.137. The molecule has 0 radical (unpaired) electrons. The van der Waals surface area contributed by atoms with E-state index in [-0.39, 0.29) is 23.2 Å². The third-order valence-corrected chi connectivity index (χ3v) is 5.63. The zero-order chi connectivity index (χ0) is 23.0. The van der Waals surface area contributed by atoms with Crippen molar-refractivity contribution in [3.63, 3.8) is 0 Å². The van der Waals surface area contributed by atoms with Gasteiger partial charge in [0.2, 0.25) is 0 Å². The minimum absolute atomic E-state index is 0.210. The predicted molar refractivity (Wildman–Crippen MR) is 116 cm³/mol. The molecule has 168 valence electrons. The van der Waals surface area contributed by atoms with Gasteiger partial charge in [0.25, 0.3) is 11.5 Å². The quantitative estimate of drug-likeness (QED) is 0.614. The zero-order valence-electron chi connectivity index (χ0n) is 17.8. The van der Waals surface area contributed by atoms with Crippen molar-refractivity contribution in [3.05, 3.63) is 70.1 Å². The van der Waals surface area contributed by atoms with E-state index >= 15 is 0 Å². The van der Waals surface area contributed by atoms with E-state index in [1.807, 2.05) is 18.7 Å². The topological polar surface area (TPSA) is 58.4 Å². The normalized spacial score (nSPS) is 14.9. The summed E-state index contributed by atoms with van der Waals surface area (Å²) in [6.45, 7) is 5.12. The molecule has 2 heterocycles. The summed E-state index contributed by atoms with van der Waals surface area (Å²) in [6, 6.07) is 11.9. The molecule has 1 saturated heterocycles. The van der Waals surface area contributed by atoms with E-state index in [0.29, 0.717) is 42.6 Å². The third-order valence-electron chi connectivity index (χ3n) is 5.63. The maximum atomic E-state index is 13.3. The van der Waals surface area contributed by atoms with Crippen molar-refractivity contribution in [2.45, 2.75) is 26.1 Å². The van der Waals surface area contributed by atoms with Gasteiger partial charge in [-0.05, 0) is 38.1 Å². The molecule has 1 fully saturated rings. The number of halogens is 3. The standard InChI is InChI=1S/C23H23F3N4O2/c1-15(2)30-21(31)19-9-4-3-8-18(19)20(27-30)22(32)29-12-10-28(11-13-29)17-7-5-6-16(14-17)23(24,25)26/h3-9,14-15H,10-13H2,1-2H3. The molecule has 9 heteroatoms. The highest BCUT2D eigenvalue weighted by Crippen LogP contribution is 2.32. The number of rotatable bonds is 3. The molecule has 4 rings (SSSR count). The fourth-order valence-electron chi connectivity index (χ4n) is 3.91. The third kappa shape index (κ3) is 4.06. The molecule has 0 aliphatic carbocycles. The van der Waals surface area contributed by atoms with Crippen LogP contribution in [0, 0.1) is 0 Å². The summed E-state index contributed by atoms with van der Waals surface area (Å²) in [5.41, 5.74) is -0.257. The predicted octanol–water partition coefficient (Wildman–Crippen LogP) is 3.96. The minimum atomic E-state index is -4.40. The number of anilines is 1. The number of nitrogens with zero attached hydrogens (tertiary/aromatic N) is 4. The number of fused-ring (bicyclic) bond motifs is 1. The summed E-state index contributed by atoms with van der Waals surface area (Å²) in [6.07, 6.45) is -4.40. The van der Waals surface area contributed by atoms with Crippen molar-refractivity contribution < 1.29 is 18.0 Å². The summed E-state index contributed by atoms with van der Waals surface area (Å²) >= 11 is 0. The van der Waals surface area contributed by atoms with Gasteiger partial charge in [-0.3, -0.25) is 9.59 Å². The average molecular weight is 444 g/mol. The highest BCUT2D eigenvalue weighted by atomic mass is 19.4. The van der Waals surface area contributed by atoms with Gasteiger partial charge in [-0.1, -0.05) is 24.3 Å². The van der Waals surface area contributed by atoms with Crippen LogP contribution < -0.4 is 10.5 Å². The molecule has 2 aromatic carbocycles. The van der Waals surface area contributed by atoms with Crippen LogP contribution in [0.3, 0.4) is 0 Å². The highest BCUT2D eigenvalue weighted by Gasteiger charge is 2.31. The largest absolute Gasteiger partial charge is 0.416 e. The number of piperazine rings is 1. The van der Waals surface area contributed by atoms with Crippen molar-refractivity contribution in [1.82, 2.24) is 14.7 Å². The molecule has 0 N–H and O–H groups in total. The maximum Gasteiger partial charge on any atom is 0.416 e. The van der Waals surface area contributed by atoms with Crippen molar-refractivity contribution in [2.24, 2.45) is 0 Å². The Labute approximate surface area is 182 Å². The maximum absolute atomic E-state index is 13.3. The summed E-state index contributed by atoms with van der Waals surface area (Å²) < 4.78 is 40.4. The van der Waals surface area contributed by atoms with E-state index in [0.717, 1.165) is 12.1 Å². The van der Waals surface area contributed by atoms with Crippen LogP contribution in [-0.2, 0) is 6.18 Å². The average Bonchev–Trinajstić information content (AvgIpc) is 2.78. The monoisotopic (exact) mass is 444 g/mol. The van der Waals surface area contributed by atoms with Crippen LogP contribution >= 0.6 is 0 Å². The Morgan fingerprint density at radius 2 is 1.62 bits per heavy atom. The van der Waals surface area contributed by atoms with E-state index < -0.39 is 11.7 Å². The first-order chi connectivity index (χ1) is 15.2. The molecule has 6 nitrogen and oxygen atoms in total. The number of alkyl halides is 3. The number of amides is 1. The van der Waals surface area contributed by atoms with Crippen LogP contribution in [-0.4, -0.2) is 46.8 Å². The van der Waals surface area contributed by atoms with Crippen LogP contribution in [0.5, 0.6) is 0 Å². The Balaban J connectivity index is 1.58. The molecule has 1 aromatic heterocycles. The zero-order valence-corrected chi connectivity index (χ0v) is 17.8. The van der Waals surface area contributed by atoms with Crippen LogP contribution in [0.15, 0.2) is 53.3 Å². The Kier molecular flexibility index (Phi) is 5.66. The SMILES string of the molecule is CC(C)n1nc(C(=O)N2CCN(c3cccc(C(F)(F)F)c3)CC2)c2ccccc2c1=O. The molecule has 0 bridgehead atoms. The van der Waals surface area contributed by atoms with Gasteiger partial charge < -0.3 is 9.80 Å². The molecular formula is C23H23F3N4O2. The van der Waals surface area contributed by atoms with Gasteiger partial charge in [-0.15, -0.1) is 0 Å². The second kappa shape index (κ2) is 8.29. The summed E-state index contributed by atoms with van der Waals surface area (Å²) in [5, 5.41) is 5.30. The van der Waals surface area contributed by atoms with Crippen molar-refractivity contribution in [3.8, 4) is 0 Å². The Morgan fingerprint density at radius 3 is 2.25 bits per heavy atom. The molecule has 0 unspecified atom stereocenters. The molecule has 0 saturated carbocycles. The van der Waals surface area contributed by atoms with Crippen LogP contribution in [0.25, 0.3) is 10.8 Å². The molecule has 1 aliphatic rings. The number of aromatic nitrogens is 2. The van der Waals surface area contributed by atoms with Gasteiger partial charge in [0.1, 0.15) is 0 Å². The van der Waals surface area contributed by atoms with E-state index in [9.17, 15) is 22.8 Å². The second-order valence-electron chi connectivity index (χ2n) is 8.06. The van der Waals surface area contributed by atoms with Crippen LogP contribution in [0.4, 0.5) is 18.9 Å². The van der Waals surface area contributed by atoms with Crippen LogP contribution in [0.1, 0.15) is 35.9 Å². The lowest BCUT2D eigenvalue weighted by Gasteiger charge is -2.36. The molecule has 32 heavy (non-hydrogen) atoms. The lowest BCUT2D eigenvalue weighted by atomic mass is 10.1. The summed E-state index contributed by atoms with van der Waals surface area (Å²) in [5.74, 6) is -0.292. The Morgan fingerprint density at radius 1 is 0.969 bits per heavy atom. The van der Waals surface area contributed by atoms with Gasteiger partial charge in [-0.2, -0.15) is 18.3 Å². The van der Waals surface area contributed by atoms with Gasteiger partial charge in [0.05, 0.1) is 17.0 Å². The number of carbonyl (C=O) groups excluding carboxylic acids is 1. The molecular weight excluding hydrogens is 421 g/mol. The fraction of sp³-hybridized carbons (Fsp3) is 0.348. The number of hydrogen-bond acceptors (Lipinski definition) is 4. The molecule has 0 atom stereocenters. The van der Waals surface area contributed by atoms with E-state index in [1.54, 1.807) is 35.2 Å². The summed E-state index contributed by atoms with van der Waals surface area (Å²) in [4.78, 5) is 29.5. The molecule has 1 amide bonds. The van der Waals surface area contributed by atoms with E-state index in [1.165, 1.54) is 10.7 Å². The van der Waals surface area contributed by atoms with E-state index in [4.69, 9.17) is 0 Å². The smallest absolute Gasteiger partial charge is 0.368 e. The first kappa shape index (κ1) is 21.9. The molecule has 0 spiro atoms. The number of benzene rings is 2. The fourth-order valence-corrected chi connectivity index (χ4v) is 3.91. The first-order valence-corrected chi connectivity index (χ1v) is 10.4. The lowest BCUT2D eigenvalue weighted by Crippen LogP contribution is -2.49. The van der Waals surface area contributed by atoms with Crippen molar-refractivity contribution >= 4 is 22.4 Å². The summed E-state index contributed by atoms with van der Waals surface area (Å²) in [7, 11) is 0. The molecule has 3 aromatic rings. The minimum Gasteiger partial charge on any atom is -0.368 e. The van der Waals surface area contributed by atoms with Gasteiger partial charge in [-0.25, -0.2) is 4.68 Å². The second-order valence-corrected chi connectivity index (χ2v) is 8.06. The van der Waals surface area contributed by atoms with Gasteiger partial charge in [0.15, 0.2) is 5.69 Å². The van der Waals surface area contributed by atoms with Crippen molar-refractivity contribution in [1.29, 1.82) is 0 Å². The van der Waals surface area contributed by atoms with E-state index in [2.05, 4.69) is 5.10 Å². The van der Waals surface area contributed by atoms with Gasteiger partial charge in [0, 0.05) is 37.3 Å². The molecule has 1 aliphatic heterocycles. The van der Waals surface area contributed by atoms with Crippen molar-refractivity contribution in [2.75, 3.05) is 31.1 Å². The van der Waals surface area contributed by atoms with Crippen LogP contribution in [0.2, 0.25) is 0 Å².